The van der Waals surface area contributed by atoms with Gasteiger partial charge < -0.3 is 9.73 Å². The van der Waals surface area contributed by atoms with E-state index < -0.39 is 0 Å². The van der Waals surface area contributed by atoms with E-state index in [2.05, 4.69) is 15.4 Å². The Bertz CT molecular complexity index is 1050. The van der Waals surface area contributed by atoms with Crippen molar-refractivity contribution < 1.29 is 9.21 Å². The van der Waals surface area contributed by atoms with Crippen molar-refractivity contribution >= 4 is 23.1 Å². The number of benzene rings is 1. The Balaban J connectivity index is 1.60. The third kappa shape index (κ3) is 3.54. The van der Waals surface area contributed by atoms with Gasteiger partial charge in [-0.05, 0) is 26.0 Å². The summed E-state index contributed by atoms with van der Waals surface area (Å²) in [6, 6.07) is 15.5. The van der Waals surface area contributed by atoms with Crippen LogP contribution in [0.2, 0.25) is 0 Å². The molecule has 1 N–H and O–H groups in total. The summed E-state index contributed by atoms with van der Waals surface area (Å²) in [5.41, 5.74) is 1.82. The highest BCUT2D eigenvalue weighted by atomic mass is 32.1. The fourth-order valence-corrected chi connectivity index (χ4v) is 3.48. The summed E-state index contributed by atoms with van der Waals surface area (Å²) in [4.78, 5) is 17.5. The Morgan fingerprint density at radius 3 is 2.70 bits per heavy atom. The first-order chi connectivity index (χ1) is 13.1. The normalized spacial score (nSPS) is 11.1. The van der Waals surface area contributed by atoms with Gasteiger partial charge in [-0.25, -0.2) is 9.67 Å². The van der Waals surface area contributed by atoms with Crippen molar-refractivity contribution in [1.82, 2.24) is 14.8 Å². The van der Waals surface area contributed by atoms with E-state index in [-0.39, 0.29) is 11.9 Å². The number of nitrogens with zero attached hydrogens (tertiary/aromatic N) is 3. The largest absolute Gasteiger partial charge is 0.462 e. The quantitative estimate of drug-likeness (QED) is 0.524. The molecule has 0 unspecified atom stereocenters. The van der Waals surface area contributed by atoms with Crippen molar-refractivity contribution in [3.8, 4) is 22.0 Å². The zero-order valence-electron chi connectivity index (χ0n) is 14.9. The van der Waals surface area contributed by atoms with Gasteiger partial charge in [0.1, 0.15) is 10.7 Å². The van der Waals surface area contributed by atoms with E-state index in [1.54, 1.807) is 18.5 Å². The van der Waals surface area contributed by atoms with E-state index in [1.807, 2.05) is 61.0 Å². The summed E-state index contributed by atoms with van der Waals surface area (Å²) in [6.07, 6.45) is 3.15. The van der Waals surface area contributed by atoms with E-state index in [0.29, 0.717) is 21.5 Å². The van der Waals surface area contributed by atoms with E-state index in [9.17, 15) is 4.79 Å². The van der Waals surface area contributed by atoms with Gasteiger partial charge in [0.05, 0.1) is 18.2 Å². The molecule has 0 aliphatic rings. The number of carbonyl (C=O) groups excluding carboxylic acids is 1. The van der Waals surface area contributed by atoms with E-state index in [4.69, 9.17) is 4.42 Å². The number of thiazole rings is 1. The smallest absolute Gasteiger partial charge is 0.268 e. The van der Waals surface area contributed by atoms with Gasteiger partial charge in [0.25, 0.3) is 5.91 Å². The van der Waals surface area contributed by atoms with Crippen LogP contribution in [0.3, 0.4) is 0 Å². The van der Waals surface area contributed by atoms with Gasteiger partial charge in [0.2, 0.25) is 0 Å². The third-order valence-electron chi connectivity index (χ3n) is 4.00. The second-order valence-electron chi connectivity index (χ2n) is 6.28. The first kappa shape index (κ1) is 17.2. The average Bonchev–Trinajstić information content (AvgIpc) is 3.42. The summed E-state index contributed by atoms with van der Waals surface area (Å²) in [6.45, 7) is 4.05. The summed E-state index contributed by atoms with van der Waals surface area (Å²) in [7, 11) is 0. The van der Waals surface area contributed by atoms with Crippen LogP contribution in [0.1, 0.15) is 29.6 Å². The highest BCUT2D eigenvalue weighted by Crippen LogP contribution is 2.28. The lowest BCUT2D eigenvalue weighted by atomic mass is 10.1. The summed E-state index contributed by atoms with van der Waals surface area (Å²) >= 11 is 1.29. The van der Waals surface area contributed by atoms with Crippen LogP contribution >= 0.6 is 11.3 Å². The van der Waals surface area contributed by atoms with E-state index in [1.165, 1.54) is 11.3 Å². The predicted molar refractivity (Wildman–Crippen MR) is 106 cm³/mol. The third-order valence-corrected chi connectivity index (χ3v) is 5.01. The molecular weight excluding hydrogens is 360 g/mol. The molecule has 0 bridgehead atoms. The molecule has 0 aliphatic heterocycles. The number of rotatable bonds is 5. The SMILES string of the molecule is CC(C)n1nc(-c2ccccc2)cc1NC(=O)c1cnc(-c2ccco2)s1. The molecule has 3 aromatic heterocycles. The number of hydrogen-bond donors (Lipinski definition) is 1. The van der Waals surface area contributed by atoms with Crippen LogP contribution < -0.4 is 5.32 Å². The van der Waals surface area contributed by atoms with Crippen LogP contribution in [0.4, 0.5) is 5.82 Å². The molecule has 1 amide bonds. The highest BCUT2D eigenvalue weighted by molar-refractivity contribution is 7.17. The van der Waals surface area contributed by atoms with Crippen molar-refractivity contribution in [2.24, 2.45) is 0 Å². The second kappa shape index (κ2) is 7.20. The van der Waals surface area contributed by atoms with Gasteiger partial charge >= 0.3 is 0 Å². The minimum Gasteiger partial charge on any atom is -0.462 e. The van der Waals surface area contributed by atoms with Gasteiger partial charge in [-0.3, -0.25) is 4.79 Å². The molecule has 0 saturated carbocycles. The van der Waals surface area contributed by atoms with Crippen LogP contribution in [-0.2, 0) is 0 Å². The van der Waals surface area contributed by atoms with Gasteiger partial charge in [-0.15, -0.1) is 11.3 Å². The number of nitrogens with one attached hydrogen (secondary N) is 1. The first-order valence-corrected chi connectivity index (χ1v) is 9.39. The van der Waals surface area contributed by atoms with Gasteiger partial charge in [0.15, 0.2) is 10.8 Å². The molecule has 1 aromatic carbocycles. The zero-order valence-corrected chi connectivity index (χ0v) is 15.7. The molecule has 0 atom stereocenters. The van der Waals surface area contributed by atoms with Crippen molar-refractivity contribution in [1.29, 1.82) is 0 Å². The molecule has 0 radical (unpaired) electrons. The molecule has 0 saturated heterocycles. The Morgan fingerprint density at radius 2 is 2.00 bits per heavy atom. The van der Waals surface area contributed by atoms with Gasteiger partial charge in [-0.1, -0.05) is 30.3 Å². The molecule has 3 heterocycles. The Hall–Kier alpha value is -3.19. The van der Waals surface area contributed by atoms with Crippen LogP contribution in [0.15, 0.2) is 65.4 Å². The maximum absolute atomic E-state index is 12.7. The van der Waals surface area contributed by atoms with Crippen molar-refractivity contribution in [3.05, 3.63) is 65.9 Å². The Labute approximate surface area is 160 Å². The standard InChI is InChI=1S/C20H18N4O2S/c1-13(2)24-18(11-15(23-24)14-7-4-3-5-8-14)22-19(25)17-12-21-20(27-17)16-9-6-10-26-16/h3-13H,1-2H3,(H,22,25). The van der Waals surface area contributed by atoms with Crippen LogP contribution in [0.25, 0.3) is 22.0 Å². The predicted octanol–water partition coefficient (Wildman–Crippen LogP) is 5.10. The Morgan fingerprint density at radius 1 is 1.19 bits per heavy atom. The molecule has 6 nitrogen and oxygen atoms in total. The molecule has 7 heteroatoms. The fraction of sp³-hybridized carbons (Fsp3) is 0.150. The minimum absolute atomic E-state index is 0.109. The lowest BCUT2D eigenvalue weighted by Crippen LogP contribution is -2.15. The number of carbonyl (C=O) groups is 1. The monoisotopic (exact) mass is 378 g/mol. The van der Waals surface area contributed by atoms with Gasteiger partial charge in [-0.2, -0.15) is 5.10 Å². The average molecular weight is 378 g/mol. The Kier molecular flexibility index (Phi) is 4.60. The molecule has 0 spiro atoms. The molecule has 136 valence electrons. The molecule has 27 heavy (non-hydrogen) atoms. The lowest BCUT2D eigenvalue weighted by Gasteiger charge is -2.10. The van der Waals surface area contributed by atoms with E-state index >= 15 is 0 Å². The van der Waals surface area contributed by atoms with Crippen molar-refractivity contribution in [3.63, 3.8) is 0 Å². The number of hydrogen-bond acceptors (Lipinski definition) is 5. The highest BCUT2D eigenvalue weighted by Gasteiger charge is 2.18. The number of anilines is 1. The second-order valence-corrected chi connectivity index (χ2v) is 7.31. The first-order valence-electron chi connectivity index (χ1n) is 8.58. The maximum Gasteiger partial charge on any atom is 0.268 e. The van der Waals surface area contributed by atoms with Crippen molar-refractivity contribution in [2.75, 3.05) is 5.32 Å². The number of furan rings is 1. The summed E-state index contributed by atoms with van der Waals surface area (Å²) in [5, 5.41) is 8.28. The zero-order chi connectivity index (χ0) is 18.8. The minimum atomic E-state index is -0.216. The van der Waals surface area contributed by atoms with Crippen LogP contribution in [-0.4, -0.2) is 20.7 Å². The molecular formula is C20H18N4O2S. The van der Waals surface area contributed by atoms with Crippen molar-refractivity contribution in [2.45, 2.75) is 19.9 Å². The van der Waals surface area contributed by atoms with Crippen LogP contribution in [0.5, 0.6) is 0 Å². The van der Waals surface area contributed by atoms with Crippen LogP contribution in [0, 0.1) is 0 Å². The fourth-order valence-electron chi connectivity index (χ4n) is 2.70. The number of amides is 1. The molecule has 0 aliphatic carbocycles. The summed E-state index contributed by atoms with van der Waals surface area (Å²) in [5.74, 6) is 1.09. The van der Waals surface area contributed by atoms with E-state index in [0.717, 1.165) is 11.3 Å². The molecule has 0 fully saturated rings. The topological polar surface area (TPSA) is 73.0 Å². The molecule has 4 aromatic rings. The van der Waals surface area contributed by atoms with Gasteiger partial charge in [0, 0.05) is 17.7 Å². The lowest BCUT2D eigenvalue weighted by molar-refractivity contribution is 0.102. The summed E-state index contributed by atoms with van der Waals surface area (Å²) < 4.78 is 7.15. The molecule has 4 rings (SSSR count). The number of aromatic nitrogens is 3. The maximum atomic E-state index is 12.7.